The normalized spacial score (nSPS) is 16.5. The number of nitrogens with one attached hydrogen (secondary N) is 1. The summed E-state index contributed by atoms with van der Waals surface area (Å²) in [6, 6.07) is 44.3. The van der Waals surface area contributed by atoms with E-state index in [1.807, 2.05) is 20.8 Å². The van der Waals surface area contributed by atoms with Gasteiger partial charge in [-0.15, -0.1) is 0 Å². The van der Waals surface area contributed by atoms with Crippen molar-refractivity contribution in [3.63, 3.8) is 0 Å². The van der Waals surface area contributed by atoms with Gasteiger partial charge in [-0.2, -0.15) is 0 Å². The molecular weight excluding hydrogens is 650 g/mol. The van der Waals surface area contributed by atoms with Crippen LogP contribution in [0.1, 0.15) is 33.6 Å². The van der Waals surface area contributed by atoms with E-state index in [1.165, 1.54) is 21.2 Å². The summed E-state index contributed by atoms with van der Waals surface area (Å²) in [7, 11) is -4.10. The van der Waals surface area contributed by atoms with Gasteiger partial charge in [0.2, 0.25) is 0 Å². The molecule has 0 aromatic heterocycles. The Balaban J connectivity index is 1.40. The van der Waals surface area contributed by atoms with Gasteiger partial charge >= 0.3 is 14.8 Å². The van der Waals surface area contributed by atoms with Crippen LogP contribution in [0, 0.1) is 0 Å². The average molecular weight is 701 g/mol. The topological polar surface area (TPSA) is 60.0 Å². The largest absolute Gasteiger partial charge is 0.500 e. The maximum atomic E-state index is 14.2. The number of carbonyl (C=O) groups excluding carboxylic acids is 1. The number of carbonyl (C=O) groups is 1. The Bertz CT molecular complexity index is 1410. The van der Waals surface area contributed by atoms with Gasteiger partial charge < -0.3 is 23.5 Å². The van der Waals surface area contributed by atoms with Crippen LogP contribution in [0.4, 0.5) is 4.79 Å². The molecule has 1 saturated heterocycles. The highest BCUT2D eigenvalue weighted by molar-refractivity contribution is 7.74. The molecule has 0 aliphatic carbocycles. The first kappa shape index (κ1) is 36.4. The number of hydrogen-bond acceptors (Lipinski definition) is 4. The number of amides is 2. The third-order valence-electron chi connectivity index (χ3n) is 8.64. The summed E-state index contributed by atoms with van der Waals surface area (Å²) >= 11 is 0. The minimum atomic E-state index is -2.77. The van der Waals surface area contributed by atoms with Crippen LogP contribution in [-0.2, 0) is 13.3 Å². The molecule has 48 heavy (non-hydrogen) atoms. The molecule has 0 spiro atoms. The summed E-state index contributed by atoms with van der Waals surface area (Å²) in [5.74, 6) is 0. The second-order valence-electron chi connectivity index (χ2n) is 11.8. The lowest BCUT2D eigenvalue weighted by Crippen LogP contribution is -2.47. The molecule has 0 saturated carbocycles. The molecule has 0 unspecified atom stereocenters. The summed E-state index contributed by atoms with van der Waals surface area (Å²) in [6.07, 6.45) is 2.63. The van der Waals surface area contributed by atoms with Gasteiger partial charge in [0.25, 0.3) is 0 Å². The molecule has 2 amide bonds. The Morgan fingerprint density at radius 1 is 0.708 bits per heavy atom. The molecule has 1 fully saturated rings. The zero-order valence-electron chi connectivity index (χ0n) is 28.5. The van der Waals surface area contributed by atoms with Crippen molar-refractivity contribution in [3.8, 4) is 0 Å². The molecule has 1 aliphatic rings. The summed E-state index contributed by atoms with van der Waals surface area (Å²) in [4.78, 5) is 16.4. The highest BCUT2D eigenvalue weighted by atomic mass is 31.1. The molecule has 4 aromatic rings. The molecule has 4 aromatic carbocycles. The SMILES string of the molecule is CCO[Si](CCCNC(=O)N1C[C@@H](P(c2ccccc2)c2ccccc2)C[C@H]1CP(c1ccccc1)c1ccccc1)(OCC)OCC. The predicted octanol–water partition coefficient (Wildman–Crippen LogP) is 6.84. The van der Waals surface area contributed by atoms with E-state index in [1.54, 1.807) is 0 Å². The number of urea groups is 1. The second kappa shape index (κ2) is 18.8. The number of hydrogen-bond donors (Lipinski definition) is 1. The Hall–Kier alpha value is -2.89. The van der Waals surface area contributed by atoms with Crippen LogP contribution < -0.4 is 26.5 Å². The van der Waals surface area contributed by atoms with Gasteiger partial charge in [0.1, 0.15) is 0 Å². The van der Waals surface area contributed by atoms with E-state index in [0.717, 1.165) is 25.5 Å². The van der Waals surface area contributed by atoms with Crippen LogP contribution in [-0.4, -0.2) is 70.5 Å². The van der Waals surface area contributed by atoms with Gasteiger partial charge in [-0.1, -0.05) is 121 Å². The smallest absolute Gasteiger partial charge is 0.374 e. The second-order valence-corrected chi connectivity index (χ2v) is 19.3. The zero-order valence-corrected chi connectivity index (χ0v) is 31.3. The van der Waals surface area contributed by atoms with Crippen LogP contribution in [0.3, 0.4) is 0 Å². The van der Waals surface area contributed by atoms with E-state index in [-0.39, 0.29) is 12.1 Å². The van der Waals surface area contributed by atoms with E-state index in [2.05, 4.69) is 132 Å². The molecule has 254 valence electrons. The third kappa shape index (κ3) is 9.63. The molecule has 0 radical (unpaired) electrons. The zero-order chi connectivity index (χ0) is 33.6. The highest BCUT2D eigenvalue weighted by Crippen LogP contribution is 2.48. The standard InChI is InChI=1S/C39H50N2O4P2Si/c1-4-43-48(44-5-2,45-6-3)29-19-28-40-39(42)41-31-38(47(36-24-15-9-16-25-36)37-26-17-10-18-27-37)30-33(41)32-46(34-20-11-7-12-21-34)35-22-13-8-14-23-35/h7-18,20-27,33,38H,4-6,19,28-32H2,1-3H3,(H,40,42)/t33-,38-/m0/s1. The highest BCUT2D eigenvalue weighted by Gasteiger charge is 2.42. The van der Waals surface area contributed by atoms with Crippen LogP contribution in [0.5, 0.6) is 0 Å². The summed E-state index contributed by atoms with van der Waals surface area (Å²) in [6.45, 7) is 8.86. The Kier molecular flexibility index (Phi) is 14.2. The number of likely N-dealkylation sites (tertiary alicyclic amines) is 1. The van der Waals surface area contributed by atoms with E-state index >= 15 is 0 Å². The summed E-state index contributed by atoms with van der Waals surface area (Å²) in [5.41, 5.74) is 0.345. The monoisotopic (exact) mass is 700 g/mol. The molecule has 5 rings (SSSR count). The van der Waals surface area contributed by atoms with E-state index in [4.69, 9.17) is 13.3 Å². The van der Waals surface area contributed by atoms with Gasteiger partial charge in [-0.05, 0) is 76.8 Å². The lowest BCUT2D eigenvalue weighted by atomic mass is 10.2. The first-order valence-corrected chi connectivity index (χ1v) is 22.2. The van der Waals surface area contributed by atoms with Crippen molar-refractivity contribution >= 4 is 51.9 Å². The summed E-state index contributed by atoms with van der Waals surface area (Å²) < 4.78 is 18.2. The van der Waals surface area contributed by atoms with E-state index in [9.17, 15) is 4.79 Å². The van der Waals surface area contributed by atoms with Crippen molar-refractivity contribution in [1.29, 1.82) is 0 Å². The minimum Gasteiger partial charge on any atom is -0.374 e. The lowest BCUT2D eigenvalue weighted by Gasteiger charge is -2.30. The molecule has 1 aliphatic heterocycles. The fourth-order valence-corrected chi connectivity index (χ4v) is 14.7. The van der Waals surface area contributed by atoms with Crippen molar-refractivity contribution in [3.05, 3.63) is 121 Å². The first-order valence-electron chi connectivity index (χ1n) is 17.3. The molecular formula is C39H50N2O4P2Si. The van der Waals surface area contributed by atoms with Gasteiger partial charge in [0.05, 0.1) is 0 Å². The summed E-state index contributed by atoms with van der Waals surface area (Å²) in [5, 5.41) is 8.72. The first-order chi connectivity index (χ1) is 23.6. The van der Waals surface area contributed by atoms with Crippen LogP contribution in [0.15, 0.2) is 121 Å². The molecule has 0 bridgehead atoms. The number of benzene rings is 4. The van der Waals surface area contributed by atoms with E-state index < -0.39 is 24.6 Å². The fourth-order valence-electron chi connectivity index (χ4n) is 6.64. The number of nitrogens with zero attached hydrogens (tertiary/aromatic N) is 1. The fraction of sp³-hybridized carbons (Fsp3) is 0.359. The van der Waals surface area contributed by atoms with Gasteiger partial charge in [0.15, 0.2) is 0 Å². The molecule has 9 heteroatoms. The van der Waals surface area contributed by atoms with Crippen LogP contribution >= 0.6 is 15.8 Å². The van der Waals surface area contributed by atoms with Crippen molar-refractivity contribution in [2.24, 2.45) is 0 Å². The molecule has 2 atom stereocenters. The minimum absolute atomic E-state index is 0.0196. The quantitative estimate of drug-likeness (QED) is 0.0745. The van der Waals surface area contributed by atoms with E-state index in [0.29, 0.717) is 38.1 Å². The third-order valence-corrected chi connectivity index (χ3v) is 17.2. The maximum absolute atomic E-state index is 14.2. The Labute approximate surface area is 291 Å². The van der Waals surface area contributed by atoms with Gasteiger partial charge in [0, 0.05) is 50.7 Å². The Morgan fingerprint density at radius 2 is 1.15 bits per heavy atom. The van der Waals surface area contributed by atoms with Crippen molar-refractivity contribution in [1.82, 2.24) is 10.2 Å². The van der Waals surface area contributed by atoms with Crippen molar-refractivity contribution in [2.45, 2.75) is 51.4 Å². The average Bonchev–Trinajstić information content (AvgIpc) is 3.54. The maximum Gasteiger partial charge on any atom is 0.500 e. The van der Waals surface area contributed by atoms with Gasteiger partial charge in [-0.3, -0.25) is 0 Å². The van der Waals surface area contributed by atoms with Gasteiger partial charge in [-0.25, -0.2) is 4.79 Å². The van der Waals surface area contributed by atoms with Crippen molar-refractivity contribution < 1.29 is 18.1 Å². The van der Waals surface area contributed by atoms with Crippen LogP contribution in [0.25, 0.3) is 0 Å². The molecule has 1 heterocycles. The lowest BCUT2D eigenvalue weighted by molar-refractivity contribution is 0.0708. The molecule has 1 N–H and O–H groups in total. The van der Waals surface area contributed by atoms with Crippen LogP contribution in [0.2, 0.25) is 6.04 Å². The molecule has 6 nitrogen and oxygen atoms in total. The number of rotatable bonds is 17. The van der Waals surface area contributed by atoms with Crippen molar-refractivity contribution in [2.75, 3.05) is 39.1 Å². The predicted molar refractivity (Wildman–Crippen MR) is 205 cm³/mol. The Morgan fingerprint density at radius 3 is 1.58 bits per heavy atom.